The fourth-order valence-corrected chi connectivity index (χ4v) is 4.27. The predicted molar refractivity (Wildman–Crippen MR) is 72.6 cm³/mol. The molecule has 1 fully saturated rings. The molecule has 2 unspecified atom stereocenters. The molecule has 1 aliphatic rings. The molecule has 5 heteroatoms. The first-order valence-corrected chi connectivity index (χ1v) is 7.74. The zero-order chi connectivity index (χ0) is 13.3. The van der Waals surface area contributed by atoms with Gasteiger partial charge in [-0.3, -0.25) is 0 Å². The van der Waals surface area contributed by atoms with Crippen LogP contribution in [0.25, 0.3) is 0 Å². The summed E-state index contributed by atoms with van der Waals surface area (Å²) in [6, 6.07) is 6.56. The van der Waals surface area contributed by atoms with E-state index in [0.717, 1.165) is 12.8 Å². The molecule has 1 heterocycles. The zero-order valence-corrected chi connectivity index (χ0v) is 11.7. The van der Waals surface area contributed by atoms with Gasteiger partial charge in [-0.15, -0.1) is 0 Å². The van der Waals surface area contributed by atoms with Gasteiger partial charge in [0.05, 0.1) is 4.90 Å². The normalized spacial score (nSPS) is 26.1. The Balaban J connectivity index is 2.36. The molecule has 2 atom stereocenters. The Morgan fingerprint density at radius 2 is 2.06 bits per heavy atom. The number of sulfonamides is 1. The third-order valence-electron chi connectivity index (χ3n) is 3.78. The van der Waals surface area contributed by atoms with Gasteiger partial charge in [-0.05, 0) is 43.9 Å². The smallest absolute Gasteiger partial charge is 0.243 e. The standard InChI is InChI=1S/C13H20N2O2S/c1-10-5-4-8-15(11(10)2)18(16,17)13-7-3-6-12(14)9-13/h3,6-7,9-11H,4-5,8,14H2,1-2H3. The second-order valence-corrected chi connectivity index (χ2v) is 6.94. The molecule has 0 saturated carbocycles. The van der Waals surface area contributed by atoms with Crippen molar-refractivity contribution in [3.05, 3.63) is 24.3 Å². The van der Waals surface area contributed by atoms with Crippen molar-refractivity contribution in [1.29, 1.82) is 0 Å². The van der Waals surface area contributed by atoms with E-state index in [-0.39, 0.29) is 6.04 Å². The molecule has 0 aliphatic carbocycles. The monoisotopic (exact) mass is 268 g/mol. The van der Waals surface area contributed by atoms with Crippen molar-refractivity contribution in [2.45, 2.75) is 37.6 Å². The summed E-state index contributed by atoms with van der Waals surface area (Å²) >= 11 is 0. The number of nitrogens with zero attached hydrogens (tertiary/aromatic N) is 1. The average molecular weight is 268 g/mol. The summed E-state index contributed by atoms with van der Waals surface area (Å²) in [5, 5.41) is 0. The van der Waals surface area contributed by atoms with Gasteiger partial charge in [-0.1, -0.05) is 13.0 Å². The summed E-state index contributed by atoms with van der Waals surface area (Å²) in [7, 11) is -3.41. The maximum Gasteiger partial charge on any atom is 0.243 e. The van der Waals surface area contributed by atoms with Gasteiger partial charge in [0.2, 0.25) is 10.0 Å². The molecular weight excluding hydrogens is 248 g/mol. The Labute approximate surface area is 109 Å². The first-order valence-electron chi connectivity index (χ1n) is 6.30. The fourth-order valence-electron chi connectivity index (χ4n) is 2.45. The zero-order valence-electron chi connectivity index (χ0n) is 10.8. The Kier molecular flexibility index (Phi) is 3.64. The van der Waals surface area contributed by atoms with Gasteiger partial charge in [-0.25, -0.2) is 8.42 Å². The highest BCUT2D eigenvalue weighted by Gasteiger charge is 2.34. The summed E-state index contributed by atoms with van der Waals surface area (Å²) in [5.74, 6) is 0.398. The Bertz CT molecular complexity index is 528. The summed E-state index contributed by atoms with van der Waals surface area (Å²) < 4.78 is 26.7. The van der Waals surface area contributed by atoms with Crippen LogP contribution in [-0.4, -0.2) is 25.3 Å². The average Bonchev–Trinajstić information content (AvgIpc) is 2.32. The first kappa shape index (κ1) is 13.4. The van der Waals surface area contributed by atoms with Crippen molar-refractivity contribution in [2.75, 3.05) is 12.3 Å². The van der Waals surface area contributed by atoms with E-state index in [1.807, 2.05) is 6.92 Å². The highest BCUT2D eigenvalue weighted by molar-refractivity contribution is 7.89. The number of nitrogen functional groups attached to an aromatic ring is 1. The first-order chi connectivity index (χ1) is 8.43. The van der Waals surface area contributed by atoms with Gasteiger partial charge in [0.1, 0.15) is 0 Å². The van der Waals surface area contributed by atoms with Crippen LogP contribution >= 0.6 is 0 Å². The van der Waals surface area contributed by atoms with Crippen molar-refractivity contribution in [1.82, 2.24) is 4.31 Å². The third-order valence-corrected chi connectivity index (χ3v) is 5.76. The lowest BCUT2D eigenvalue weighted by Crippen LogP contribution is -2.45. The molecule has 2 N–H and O–H groups in total. The lowest BCUT2D eigenvalue weighted by Gasteiger charge is -2.36. The minimum Gasteiger partial charge on any atom is -0.399 e. The predicted octanol–water partition coefficient (Wildman–Crippen LogP) is 2.08. The molecule has 4 nitrogen and oxygen atoms in total. The molecule has 1 aromatic rings. The topological polar surface area (TPSA) is 63.4 Å². The fraction of sp³-hybridized carbons (Fsp3) is 0.538. The number of hydrogen-bond donors (Lipinski definition) is 1. The molecule has 0 radical (unpaired) electrons. The van der Waals surface area contributed by atoms with Crippen LogP contribution in [0.5, 0.6) is 0 Å². The van der Waals surface area contributed by atoms with Crippen LogP contribution in [-0.2, 0) is 10.0 Å². The van der Waals surface area contributed by atoms with E-state index in [0.29, 0.717) is 23.0 Å². The highest BCUT2D eigenvalue weighted by atomic mass is 32.2. The maximum absolute atomic E-state index is 12.6. The van der Waals surface area contributed by atoms with Gasteiger partial charge in [0.25, 0.3) is 0 Å². The van der Waals surface area contributed by atoms with E-state index in [2.05, 4.69) is 6.92 Å². The molecule has 0 aromatic heterocycles. The largest absolute Gasteiger partial charge is 0.399 e. The van der Waals surface area contributed by atoms with Crippen LogP contribution in [0, 0.1) is 5.92 Å². The van der Waals surface area contributed by atoms with Crippen molar-refractivity contribution >= 4 is 15.7 Å². The van der Waals surface area contributed by atoms with E-state index in [1.165, 1.54) is 6.07 Å². The van der Waals surface area contributed by atoms with Crippen molar-refractivity contribution in [3.63, 3.8) is 0 Å². The number of hydrogen-bond acceptors (Lipinski definition) is 3. The van der Waals surface area contributed by atoms with Gasteiger partial charge in [0.15, 0.2) is 0 Å². The molecule has 1 aliphatic heterocycles. The van der Waals surface area contributed by atoms with Gasteiger partial charge in [-0.2, -0.15) is 4.31 Å². The Morgan fingerprint density at radius 1 is 1.33 bits per heavy atom. The van der Waals surface area contributed by atoms with Crippen LogP contribution in [0.1, 0.15) is 26.7 Å². The molecule has 0 bridgehead atoms. The van der Waals surface area contributed by atoms with Crippen LogP contribution in [0.4, 0.5) is 5.69 Å². The van der Waals surface area contributed by atoms with E-state index >= 15 is 0 Å². The van der Waals surface area contributed by atoms with E-state index < -0.39 is 10.0 Å². The number of rotatable bonds is 2. The van der Waals surface area contributed by atoms with Gasteiger partial charge >= 0.3 is 0 Å². The number of piperidine rings is 1. The van der Waals surface area contributed by atoms with Crippen LogP contribution < -0.4 is 5.73 Å². The lowest BCUT2D eigenvalue weighted by molar-refractivity contribution is 0.202. The van der Waals surface area contributed by atoms with Crippen LogP contribution in [0.2, 0.25) is 0 Å². The number of anilines is 1. The molecule has 1 aromatic carbocycles. The summed E-state index contributed by atoms with van der Waals surface area (Å²) in [4.78, 5) is 0.295. The Morgan fingerprint density at radius 3 is 2.72 bits per heavy atom. The quantitative estimate of drug-likeness (QED) is 0.835. The van der Waals surface area contributed by atoms with Crippen molar-refractivity contribution in [2.24, 2.45) is 5.92 Å². The Hall–Kier alpha value is -1.07. The second-order valence-electron chi connectivity index (χ2n) is 5.05. The number of nitrogens with two attached hydrogens (primary N) is 1. The van der Waals surface area contributed by atoms with E-state index in [1.54, 1.807) is 22.5 Å². The minimum atomic E-state index is -3.41. The third kappa shape index (κ3) is 2.37. The molecule has 1 saturated heterocycles. The summed E-state index contributed by atoms with van der Waals surface area (Å²) in [6.07, 6.45) is 2.01. The number of benzene rings is 1. The SMILES string of the molecule is CC1CCCN(S(=O)(=O)c2cccc(N)c2)C1C. The molecule has 100 valence electrons. The van der Waals surface area contributed by atoms with Crippen LogP contribution in [0.3, 0.4) is 0 Å². The molecule has 0 amide bonds. The summed E-state index contributed by atoms with van der Waals surface area (Å²) in [6.45, 7) is 4.68. The van der Waals surface area contributed by atoms with E-state index in [4.69, 9.17) is 5.73 Å². The lowest BCUT2D eigenvalue weighted by atomic mass is 9.94. The van der Waals surface area contributed by atoms with Crippen LogP contribution in [0.15, 0.2) is 29.2 Å². The maximum atomic E-state index is 12.6. The van der Waals surface area contributed by atoms with Crippen molar-refractivity contribution in [3.8, 4) is 0 Å². The minimum absolute atomic E-state index is 0.0465. The molecule has 18 heavy (non-hydrogen) atoms. The van der Waals surface area contributed by atoms with Gasteiger partial charge < -0.3 is 5.73 Å². The second kappa shape index (κ2) is 4.90. The molecular formula is C13H20N2O2S. The highest BCUT2D eigenvalue weighted by Crippen LogP contribution is 2.29. The van der Waals surface area contributed by atoms with E-state index in [9.17, 15) is 8.42 Å². The molecule has 0 spiro atoms. The summed E-state index contributed by atoms with van der Waals surface area (Å²) in [5.41, 5.74) is 6.14. The molecule has 2 rings (SSSR count). The van der Waals surface area contributed by atoms with Gasteiger partial charge in [0, 0.05) is 18.3 Å². The van der Waals surface area contributed by atoms with Crippen molar-refractivity contribution < 1.29 is 8.42 Å².